The highest BCUT2D eigenvalue weighted by Crippen LogP contribution is 2.26. The number of carbonyl (C=O) groups is 1. The van der Waals surface area contributed by atoms with Gasteiger partial charge in [0.05, 0.1) is 5.52 Å². The van der Waals surface area contributed by atoms with Crippen LogP contribution in [0.4, 0.5) is 22.0 Å². The van der Waals surface area contributed by atoms with Gasteiger partial charge in [0.1, 0.15) is 12.1 Å². The molecule has 1 aliphatic heterocycles. The molecule has 1 saturated heterocycles. The Balaban J connectivity index is 1.45. The summed E-state index contributed by atoms with van der Waals surface area (Å²) in [5.74, 6) is 3.27. The number of benzene rings is 2. The number of fused-ring (bicyclic) bond motifs is 1. The number of nitrogens with zero attached hydrogens (tertiary/aromatic N) is 3. The van der Waals surface area contributed by atoms with Crippen molar-refractivity contribution in [1.82, 2.24) is 20.2 Å². The fourth-order valence-corrected chi connectivity index (χ4v) is 3.57. The molecule has 0 unspecified atom stereocenters. The van der Waals surface area contributed by atoms with E-state index in [1.165, 1.54) is 19.2 Å². The summed E-state index contributed by atoms with van der Waals surface area (Å²) in [6.07, 6.45) is 9.48. The van der Waals surface area contributed by atoms with Crippen LogP contribution in [0.5, 0.6) is 0 Å². The molecule has 7 heteroatoms. The molecule has 1 fully saturated rings. The van der Waals surface area contributed by atoms with E-state index in [1.54, 1.807) is 0 Å². The number of hydrogen-bond acceptors (Lipinski definition) is 5. The molecule has 3 aromatic rings. The summed E-state index contributed by atoms with van der Waals surface area (Å²) >= 11 is 0. The predicted octanol–water partition coefficient (Wildman–Crippen LogP) is 3.57. The van der Waals surface area contributed by atoms with E-state index in [-0.39, 0.29) is 6.03 Å². The van der Waals surface area contributed by atoms with Crippen LogP contribution in [0.3, 0.4) is 0 Å². The lowest BCUT2D eigenvalue weighted by molar-refractivity contribution is 0.249. The summed E-state index contributed by atoms with van der Waals surface area (Å²) in [5, 5.41) is 9.90. The maximum atomic E-state index is 12.3. The van der Waals surface area contributed by atoms with Crippen molar-refractivity contribution in [2.24, 2.45) is 0 Å². The lowest BCUT2D eigenvalue weighted by Gasteiger charge is -2.15. The van der Waals surface area contributed by atoms with Gasteiger partial charge in [-0.3, -0.25) is 0 Å². The third kappa shape index (κ3) is 4.85. The number of carbonyl (C=O) groups excluding carboxylic acids is 1. The van der Waals surface area contributed by atoms with Crippen LogP contribution in [0.25, 0.3) is 10.9 Å². The number of likely N-dealkylation sites (tertiary alicyclic amines) is 1. The smallest absolute Gasteiger partial charge is 0.319 e. The topological polar surface area (TPSA) is 82.2 Å². The molecule has 0 saturated carbocycles. The van der Waals surface area contributed by atoms with Crippen LogP contribution in [0.15, 0.2) is 48.8 Å². The maximum Gasteiger partial charge on any atom is 0.319 e. The second-order valence-electron chi connectivity index (χ2n) is 7.23. The molecule has 4 rings (SSSR count). The Kier molecular flexibility index (Phi) is 6.06. The van der Waals surface area contributed by atoms with Gasteiger partial charge in [-0.25, -0.2) is 14.8 Å². The van der Waals surface area contributed by atoms with E-state index in [9.17, 15) is 4.79 Å². The molecular formula is C23H24N6O. The van der Waals surface area contributed by atoms with Crippen molar-refractivity contribution in [3.05, 3.63) is 54.4 Å². The lowest BCUT2D eigenvalue weighted by Crippen LogP contribution is -2.35. The Hall–Kier alpha value is -3.63. The Morgan fingerprint density at radius 2 is 1.97 bits per heavy atom. The zero-order valence-corrected chi connectivity index (χ0v) is 16.7. The van der Waals surface area contributed by atoms with Gasteiger partial charge in [-0.15, -0.1) is 6.42 Å². The van der Waals surface area contributed by atoms with Gasteiger partial charge in [-0.2, -0.15) is 0 Å². The van der Waals surface area contributed by atoms with Crippen molar-refractivity contribution in [1.29, 1.82) is 0 Å². The minimum absolute atomic E-state index is 0.221. The number of nitrogens with one attached hydrogen (secondary N) is 3. The van der Waals surface area contributed by atoms with Crippen LogP contribution in [-0.2, 0) is 0 Å². The van der Waals surface area contributed by atoms with Gasteiger partial charge in [0.25, 0.3) is 0 Å². The number of amides is 2. The fourth-order valence-electron chi connectivity index (χ4n) is 3.57. The number of urea groups is 1. The Morgan fingerprint density at radius 3 is 2.80 bits per heavy atom. The molecule has 2 aromatic carbocycles. The summed E-state index contributed by atoms with van der Waals surface area (Å²) < 4.78 is 0. The maximum absolute atomic E-state index is 12.3. The van der Waals surface area contributed by atoms with Gasteiger partial charge in [-0.1, -0.05) is 12.0 Å². The highest BCUT2D eigenvalue weighted by atomic mass is 16.2. The van der Waals surface area contributed by atoms with E-state index in [0.29, 0.717) is 18.1 Å². The second-order valence-corrected chi connectivity index (χ2v) is 7.23. The summed E-state index contributed by atoms with van der Waals surface area (Å²) in [6.45, 7) is 3.74. The first-order valence-electron chi connectivity index (χ1n) is 10.1. The average molecular weight is 400 g/mol. The van der Waals surface area contributed by atoms with Crippen molar-refractivity contribution in [3.63, 3.8) is 0 Å². The van der Waals surface area contributed by atoms with Crippen LogP contribution in [0, 0.1) is 12.3 Å². The Morgan fingerprint density at radius 1 is 1.10 bits per heavy atom. The largest absolute Gasteiger partial charge is 0.340 e. The normalized spacial score (nSPS) is 13.7. The molecule has 30 heavy (non-hydrogen) atoms. The number of terminal acetylenes is 1. The van der Waals surface area contributed by atoms with Crippen molar-refractivity contribution >= 4 is 34.1 Å². The van der Waals surface area contributed by atoms with Gasteiger partial charge in [-0.05, 0) is 62.3 Å². The number of rotatable bonds is 6. The lowest BCUT2D eigenvalue weighted by atomic mass is 10.2. The van der Waals surface area contributed by atoms with Crippen molar-refractivity contribution in [2.45, 2.75) is 12.8 Å². The van der Waals surface area contributed by atoms with Crippen LogP contribution < -0.4 is 16.0 Å². The summed E-state index contributed by atoms with van der Waals surface area (Å²) in [7, 11) is 0. The molecule has 152 valence electrons. The first kappa shape index (κ1) is 19.7. The Bertz CT molecular complexity index is 1080. The van der Waals surface area contributed by atoms with Crippen LogP contribution in [-0.4, -0.2) is 47.1 Å². The number of aromatic nitrogens is 2. The fraction of sp³-hybridized carbons (Fsp3) is 0.261. The van der Waals surface area contributed by atoms with Gasteiger partial charge < -0.3 is 20.9 Å². The quantitative estimate of drug-likeness (QED) is 0.551. The summed E-state index contributed by atoms with van der Waals surface area (Å²) in [6, 6.07) is 12.9. The summed E-state index contributed by atoms with van der Waals surface area (Å²) in [5.41, 5.74) is 3.08. The molecule has 7 nitrogen and oxygen atoms in total. The van der Waals surface area contributed by atoms with Gasteiger partial charge in [0.2, 0.25) is 0 Å². The third-order valence-electron chi connectivity index (χ3n) is 5.10. The van der Waals surface area contributed by atoms with E-state index < -0.39 is 0 Å². The third-order valence-corrected chi connectivity index (χ3v) is 5.10. The zero-order valence-electron chi connectivity index (χ0n) is 16.7. The van der Waals surface area contributed by atoms with Crippen molar-refractivity contribution < 1.29 is 4.79 Å². The predicted molar refractivity (Wildman–Crippen MR) is 120 cm³/mol. The summed E-state index contributed by atoms with van der Waals surface area (Å²) in [4.78, 5) is 23.3. The van der Waals surface area contributed by atoms with E-state index in [0.717, 1.165) is 41.8 Å². The van der Waals surface area contributed by atoms with E-state index >= 15 is 0 Å². The molecule has 3 N–H and O–H groups in total. The minimum Gasteiger partial charge on any atom is -0.340 e. The SMILES string of the molecule is C#Cc1cccc(Nc2ncnc3ccc(NC(=O)NCCN4CCCC4)cc23)c1. The van der Waals surface area contributed by atoms with Crippen molar-refractivity contribution in [3.8, 4) is 12.3 Å². The zero-order chi connectivity index (χ0) is 20.8. The Labute approximate surface area is 175 Å². The highest BCUT2D eigenvalue weighted by Gasteiger charge is 2.11. The van der Waals surface area contributed by atoms with Gasteiger partial charge >= 0.3 is 6.03 Å². The molecule has 0 spiro atoms. The molecule has 1 aliphatic rings. The van der Waals surface area contributed by atoms with Crippen LogP contribution >= 0.6 is 0 Å². The van der Waals surface area contributed by atoms with E-state index in [4.69, 9.17) is 6.42 Å². The first-order valence-corrected chi connectivity index (χ1v) is 10.1. The van der Waals surface area contributed by atoms with Crippen LogP contribution in [0.2, 0.25) is 0 Å². The second kappa shape index (κ2) is 9.25. The van der Waals surface area contributed by atoms with Crippen molar-refractivity contribution in [2.75, 3.05) is 36.8 Å². The van der Waals surface area contributed by atoms with Gasteiger partial charge in [0.15, 0.2) is 0 Å². The standard InChI is InChI=1S/C23H24N6O/c1-2-17-6-5-7-18(14-17)27-22-20-15-19(8-9-21(20)25-16-26-22)28-23(30)24-10-13-29-11-3-4-12-29/h1,5-9,14-16H,3-4,10-13H2,(H2,24,28,30)(H,25,26,27). The monoisotopic (exact) mass is 400 g/mol. The number of hydrogen-bond donors (Lipinski definition) is 3. The minimum atomic E-state index is -0.221. The molecular weight excluding hydrogens is 376 g/mol. The molecule has 1 aromatic heterocycles. The molecule has 0 bridgehead atoms. The van der Waals surface area contributed by atoms with Gasteiger partial charge in [0, 0.05) is 35.4 Å². The van der Waals surface area contributed by atoms with Crippen LogP contribution in [0.1, 0.15) is 18.4 Å². The molecule has 2 heterocycles. The average Bonchev–Trinajstić information content (AvgIpc) is 3.28. The molecule has 0 aliphatic carbocycles. The highest BCUT2D eigenvalue weighted by molar-refractivity contribution is 5.96. The number of anilines is 3. The molecule has 2 amide bonds. The molecule has 0 radical (unpaired) electrons. The molecule has 0 atom stereocenters. The van der Waals surface area contributed by atoms with E-state index in [2.05, 4.69) is 36.7 Å². The van der Waals surface area contributed by atoms with E-state index in [1.807, 2.05) is 42.5 Å². The first-order chi connectivity index (χ1) is 14.7.